The maximum Gasteiger partial charge on any atom is 0.271 e. The number of amides is 1. The molecule has 1 N–H and O–H groups in total. The second-order valence-electron chi connectivity index (χ2n) is 5.26. The van der Waals surface area contributed by atoms with Gasteiger partial charge in [0.25, 0.3) is 5.91 Å². The molecule has 5 nitrogen and oxygen atoms in total. The number of hydrazone groups is 1. The summed E-state index contributed by atoms with van der Waals surface area (Å²) in [5.74, 6) is 0.584. The van der Waals surface area contributed by atoms with E-state index >= 15 is 0 Å². The number of rotatable bonds is 5. The fourth-order valence-electron chi connectivity index (χ4n) is 2.26. The Balaban J connectivity index is 1.64. The van der Waals surface area contributed by atoms with Crippen LogP contribution in [0.15, 0.2) is 72.1 Å². The molecule has 1 heterocycles. The summed E-state index contributed by atoms with van der Waals surface area (Å²) >= 11 is 2.17. The topological polar surface area (TPSA) is 55.6 Å². The van der Waals surface area contributed by atoms with Gasteiger partial charge >= 0.3 is 0 Å². The SMILES string of the molecule is COc1ccc(-n2ccc(/C=N\NC(=O)c3cccc(I)c3)c2)cc1. The molecule has 0 aliphatic heterocycles. The zero-order valence-corrected chi connectivity index (χ0v) is 15.7. The second kappa shape index (κ2) is 7.98. The number of nitrogens with one attached hydrogen (secondary N) is 1. The van der Waals surface area contributed by atoms with Crippen molar-refractivity contribution in [2.24, 2.45) is 5.10 Å². The van der Waals surface area contributed by atoms with Gasteiger partial charge in [-0.3, -0.25) is 4.79 Å². The van der Waals surface area contributed by atoms with Crippen LogP contribution in [0.3, 0.4) is 0 Å². The quantitative estimate of drug-likeness (QED) is 0.369. The van der Waals surface area contributed by atoms with Gasteiger partial charge in [-0.05, 0) is 71.1 Å². The van der Waals surface area contributed by atoms with Gasteiger partial charge in [0.05, 0.1) is 13.3 Å². The van der Waals surface area contributed by atoms with E-state index in [0.29, 0.717) is 5.56 Å². The zero-order valence-electron chi connectivity index (χ0n) is 13.5. The van der Waals surface area contributed by atoms with E-state index in [0.717, 1.165) is 20.6 Å². The molecule has 3 aromatic rings. The molecule has 25 heavy (non-hydrogen) atoms. The largest absolute Gasteiger partial charge is 0.497 e. The third kappa shape index (κ3) is 4.48. The van der Waals surface area contributed by atoms with E-state index in [4.69, 9.17) is 4.74 Å². The lowest BCUT2D eigenvalue weighted by atomic mass is 10.2. The Morgan fingerprint density at radius 3 is 2.72 bits per heavy atom. The van der Waals surface area contributed by atoms with Crippen molar-refractivity contribution < 1.29 is 9.53 Å². The molecule has 0 saturated heterocycles. The van der Waals surface area contributed by atoms with Crippen molar-refractivity contribution in [3.8, 4) is 11.4 Å². The van der Waals surface area contributed by atoms with Crippen LogP contribution in [0.1, 0.15) is 15.9 Å². The number of nitrogens with zero attached hydrogens (tertiary/aromatic N) is 2. The average Bonchev–Trinajstić information content (AvgIpc) is 3.10. The van der Waals surface area contributed by atoms with Crippen molar-refractivity contribution in [2.45, 2.75) is 0 Å². The number of carbonyl (C=O) groups excluding carboxylic acids is 1. The molecule has 0 radical (unpaired) electrons. The zero-order chi connectivity index (χ0) is 17.6. The van der Waals surface area contributed by atoms with Crippen molar-refractivity contribution in [1.29, 1.82) is 0 Å². The molecule has 0 aliphatic rings. The summed E-state index contributed by atoms with van der Waals surface area (Å²) in [5, 5.41) is 4.02. The van der Waals surface area contributed by atoms with Gasteiger partial charge in [0.2, 0.25) is 0 Å². The summed E-state index contributed by atoms with van der Waals surface area (Å²) in [6.45, 7) is 0. The first-order chi connectivity index (χ1) is 12.2. The third-order valence-corrected chi connectivity index (χ3v) is 4.22. The highest BCUT2D eigenvalue weighted by atomic mass is 127. The van der Waals surface area contributed by atoms with Gasteiger partial charge in [-0.2, -0.15) is 5.10 Å². The number of hydrogen-bond donors (Lipinski definition) is 1. The second-order valence-corrected chi connectivity index (χ2v) is 6.51. The lowest BCUT2D eigenvalue weighted by Crippen LogP contribution is -2.17. The average molecular weight is 445 g/mol. The molecule has 0 atom stereocenters. The maximum absolute atomic E-state index is 12.0. The van der Waals surface area contributed by atoms with E-state index < -0.39 is 0 Å². The van der Waals surface area contributed by atoms with Crippen LogP contribution in [0.4, 0.5) is 0 Å². The summed E-state index contributed by atoms with van der Waals surface area (Å²) in [5.41, 5.74) is 5.03. The summed E-state index contributed by atoms with van der Waals surface area (Å²) in [7, 11) is 1.64. The van der Waals surface area contributed by atoms with E-state index in [1.807, 2.05) is 65.5 Å². The van der Waals surface area contributed by atoms with Crippen molar-refractivity contribution in [2.75, 3.05) is 7.11 Å². The molecule has 0 spiro atoms. The van der Waals surface area contributed by atoms with Crippen LogP contribution in [-0.4, -0.2) is 23.8 Å². The van der Waals surface area contributed by atoms with Gasteiger partial charge < -0.3 is 9.30 Å². The van der Waals surface area contributed by atoms with Crippen molar-refractivity contribution in [1.82, 2.24) is 9.99 Å². The number of benzene rings is 2. The lowest BCUT2D eigenvalue weighted by molar-refractivity contribution is 0.0955. The first-order valence-corrected chi connectivity index (χ1v) is 8.65. The summed E-state index contributed by atoms with van der Waals surface area (Å²) < 4.78 is 8.14. The smallest absolute Gasteiger partial charge is 0.271 e. The molecular weight excluding hydrogens is 429 g/mol. The molecule has 0 unspecified atom stereocenters. The van der Waals surface area contributed by atoms with E-state index in [1.54, 1.807) is 19.4 Å². The molecule has 6 heteroatoms. The van der Waals surface area contributed by atoms with Gasteiger partial charge in [-0.25, -0.2) is 5.43 Å². The van der Waals surface area contributed by atoms with Crippen molar-refractivity contribution in [3.63, 3.8) is 0 Å². The Morgan fingerprint density at radius 2 is 2.00 bits per heavy atom. The van der Waals surface area contributed by atoms with E-state index in [-0.39, 0.29) is 5.91 Å². The van der Waals surface area contributed by atoms with Gasteiger partial charge in [0.1, 0.15) is 5.75 Å². The van der Waals surface area contributed by atoms with Crippen LogP contribution in [0, 0.1) is 3.57 Å². The predicted octanol–water partition coefficient (Wildman–Crippen LogP) is 3.85. The normalized spacial score (nSPS) is 10.8. The van der Waals surface area contributed by atoms with E-state index in [9.17, 15) is 4.79 Å². The molecular formula is C19H16IN3O2. The highest BCUT2D eigenvalue weighted by molar-refractivity contribution is 14.1. The standard InChI is InChI=1S/C19H16IN3O2/c1-25-18-7-5-17(6-8-18)23-10-9-14(13-23)12-21-22-19(24)15-3-2-4-16(20)11-15/h2-13H,1H3,(H,22,24)/b21-12-. The third-order valence-electron chi connectivity index (χ3n) is 3.55. The summed E-state index contributed by atoms with van der Waals surface area (Å²) in [4.78, 5) is 12.0. The van der Waals surface area contributed by atoms with Crippen LogP contribution in [0.2, 0.25) is 0 Å². The molecule has 1 amide bonds. The number of halogens is 1. The highest BCUT2D eigenvalue weighted by Crippen LogP contribution is 2.15. The van der Waals surface area contributed by atoms with E-state index in [2.05, 4.69) is 33.1 Å². The molecule has 2 aromatic carbocycles. The van der Waals surface area contributed by atoms with Crippen LogP contribution < -0.4 is 10.2 Å². The van der Waals surface area contributed by atoms with Crippen LogP contribution >= 0.6 is 22.6 Å². The monoisotopic (exact) mass is 445 g/mol. The lowest BCUT2D eigenvalue weighted by Gasteiger charge is -2.04. The fourth-order valence-corrected chi connectivity index (χ4v) is 2.81. The molecule has 1 aromatic heterocycles. The molecule has 0 bridgehead atoms. The minimum atomic E-state index is -0.232. The number of carbonyl (C=O) groups is 1. The first-order valence-electron chi connectivity index (χ1n) is 7.57. The van der Waals surface area contributed by atoms with Crippen LogP contribution in [0.25, 0.3) is 5.69 Å². The first kappa shape index (κ1) is 17.2. The van der Waals surface area contributed by atoms with Crippen LogP contribution in [-0.2, 0) is 0 Å². The van der Waals surface area contributed by atoms with Gasteiger partial charge in [-0.1, -0.05) is 6.07 Å². The Kier molecular flexibility index (Phi) is 5.49. The number of ether oxygens (including phenoxy) is 1. The van der Waals surface area contributed by atoms with Crippen molar-refractivity contribution in [3.05, 3.63) is 81.7 Å². The minimum Gasteiger partial charge on any atom is -0.497 e. The van der Waals surface area contributed by atoms with Gasteiger partial charge in [0, 0.05) is 32.8 Å². The summed E-state index contributed by atoms with van der Waals surface area (Å²) in [6, 6.07) is 17.0. The van der Waals surface area contributed by atoms with E-state index in [1.165, 1.54) is 0 Å². The fraction of sp³-hybridized carbons (Fsp3) is 0.0526. The molecule has 0 aliphatic carbocycles. The molecule has 126 valence electrons. The van der Waals surface area contributed by atoms with Gasteiger partial charge in [-0.15, -0.1) is 0 Å². The Bertz CT molecular complexity index is 901. The number of aromatic nitrogens is 1. The predicted molar refractivity (Wildman–Crippen MR) is 107 cm³/mol. The maximum atomic E-state index is 12.0. The minimum absolute atomic E-state index is 0.232. The van der Waals surface area contributed by atoms with Gasteiger partial charge in [0.15, 0.2) is 0 Å². The Hall–Kier alpha value is -2.61. The highest BCUT2D eigenvalue weighted by Gasteiger charge is 2.04. The molecule has 0 saturated carbocycles. The molecule has 0 fully saturated rings. The Morgan fingerprint density at radius 1 is 1.20 bits per heavy atom. The number of hydrogen-bond acceptors (Lipinski definition) is 3. The Labute approximate surface area is 159 Å². The number of methoxy groups -OCH3 is 1. The van der Waals surface area contributed by atoms with Crippen molar-refractivity contribution >= 4 is 34.7 Å². The summed E-state index contributed by atoms with van der Waals surface area (Å²) in [6.07, 6.45) is 5.49. The van der Waals surface area contributed by atoms with Crippen LogP contribution in [0.5, 0.6) is 5.75 Å². The molecule has 3 rings (SSSR count).